The Balaban J connectivity index is 1.61. The number of piperidine rings is 1. The van der Waals surface area contributed by atoms with Gasteiger partial charge in [0.2, 0.25) is 17.7 Å². The Morgan fingerprint density at radius 3 is 2.76 bits per heavy atom. The Kier molecular flexibility index (Phi) is 5.37. The summed E-state index contributed by atoms with van der Waals surface area (Å²) in [6.07, 6.45) is 2.43. The predicted molar refractivity (Wildman–Crippen MR) is 93.7 cm³/mol. The quantitative estimate of drug-likeness (QED) is 0.818. The molecule has 0 saturated carbocycles. The van der Waals surface area contributed by atoms with Gasteiger partial charge >= 0.3 is 0 Å². The monoisotopic (exact) mass is 360 g/mol. The van der Waals surface area contributed by atoms with Crippen LogP contribution in [0.5, 0.6) is 0 Å². The van der Waals surface area contributed by atoms with Crippen molar-refractivity contribution >= 4 is 23.6 Å². The first-order chi connectivity index (χ1) is 12.0. The van der Waals surface area contributed by atoms with E-state index in [-0.39, 0.29) is 11.7 Å². The molecule has 8 heteroatoms. The second-order valence-corrected chi connectivity index (χ2v) is 6.96. The van der Waals surface area contributed by atoms with Crippen LogP contribution in [0.3, 0.4) is 0 Å². The zero-order chi connectivity index (χ0) is 17.8. The molecule has 1 aromatic carbocycles. The molecule has 1 aliphatic rings. The predicted octanol–water partition coefficient (Wildman–Crippen LogP) is 2.00. The van der Waals surface area contributed by atoms with Gasteiger partial charge in [-0.2, -0.15) is 0 Å². The number of thioether (sulfide) groups is 1. The highest BCUT2D eigenvalue weighted by atomic mass is 32.2. The lowest BCUT2D eigenvalue weighted by molar-refractivity contribution is -0.138. The molecule has 2 heterocycles. The summed E-state index contributed by atoms with van der Waals surface area (Å²) in [6.45, 7) is 2.57. The number of nitrogens with two attached hydrogens (primary N) is 1. The molecule has 1 aliphatic heterocycles. The van der Waals surface area contributed by atoms with Crippen molar-refractivity contribution in [2.45, 2.75) is 37.5 Å². The number of hydrogen-bond acceptors (Lipinski definition) is 6. The lowest BCUT2D eigenvalue weighted by atomic mass is 10.0. The molecule has 0 spiro atoms. The van der Waals surface area contributed by atoms with Crippen LogP contribution in [-0.2, 0) is 9.59 Å². The molecule has 0 aliphatic carbocycles. The maximum atomic E-state index is 12.4. The molecule has 3 rings (SSSR count). The third-order valence-electron chi connectivity index (χ3n) is 4.18. The van der Waals surface area contributed by atoms with Crippen molar-refractivity contribution < 1.29 is 14.0 Å². The van der Waals surface area contributed by atoms with Gasteiger partial charge in [0.1, 0.15) is 6.04 Å². The number of primary amides is 1. The summed E-state index contributed by atoms with van der Waals surface area (Å²) >= 11 is 1.17. The van der Waals surface area contributed by atoms with Crippen molar-refractivity contribution in [1.82, 2.24) is 15.1 Å². The second kappa shape index (κ2) is 7.69. The summed E-state index contributed by atoms with van der Waals surface area (Å²) in [7, 11) is 0. The molecule has 1 aromatic heterocycles. The van der Waals surface area contributed by atoms with E-state index in [1.165, 1.54) is 11.8 Å². The zero-order valence-corrected chi connectivity index (χ0v) is 14.8. The first-order valence-corrected chi connectivity index (χ1v) is 9.15. The molecule has 1 fully saturated rings. The van der Waals surface area contributed by atoms with E-state index in [0.717, 1.165) is 24.0 Å². The lowest BCUT2D eigenvalue weighted by Gasteiger charge is -2.33. The minimum atomic E-state index is -0.507. The first-order valence-electron chi connectivity index (χ1n) is 8.17. The highest BCUT2D eigenvalue weighted by Crippen LogP contribution is 2.25. The Hall–Kier alpha value is -2.35. The van der Waals surface area contributed by atoms with Crippen molar-refractivity contribution in [2.24, 2.45) is 5.73 Å². The smallest absolute Gasteiger partial charge is 0.277 e. The summed E-state index contributed by atoms with van der Waals surface area (Å²) < 4.78 is 5.60. The minimum absolute atomic E-state index is 0.136. The van der Waals surface area contributed by atoms with E-state index in [0.29, 0.717) is 24.1 Å². The molecule has 25 heavy (non-hydrogen) atoms. The molecule has 1 atom stereocenters. The fraction of sp³-hybridized carbons (Fsp3) is 0.412. The van der Waals surface area contributed by atoms with Crippen molar-refractivity contribution in [3.05, 3.63) is 29.8 Å². The summed E-state index contributed by atoms with van der Waals surface area (Å²) in [6, 6.07) is 7.25. The maximum Gasteiger partial charge on any atom is 0.277 e. The van der Waals surface area contributed by atoms with Gasteiger partial charge in [-0.25, -0.2) is 0 Å². The van der Waals surface area contributed by atoms with E-state index in [4.69, 9.17) is 10.2 Å². The number of rotatable bonds is 5. The van der Waals surface area contributed by atoms with Crippen LogP contribution < -0.4 is 5.73 Å². The highest BCUT2D eigenvalue weighted by molar-refractivity contribution is 7.99. The standard InChI is InChI=1S/C17H20N4O3S/c1-11-5-7-12(8-6-11)16-19-20-17(24-16)25-10-14(22)21-9-3-2-4-13(21)15(18)23/h5-8,13H,2-4,9-10H2,1H3,(H2,18,23). The molecule has 132 valence electrons. The highest BCUT2D eigenvalue weighted by Gasteiger charge is 2.30. The van der Waals surface area contributed by atoms with Crippen molar-refractivity contribution in [3.8, 4) is 11.5 Å². The Bertz CT molecular complexity index is 760. The van der Waals surface area contributed by atoms with E-state index in [1.807, 2.05) is 31.2 Å². The SMILES string of the molecule is Cc1ccc(-c2nnc(SCC(=O)N3CCCCC3C(N)=O)o2)cc1. The molecule has 2 amide bonds. The van der Waals surface area contributed by atoms with Gasteiger partial charge in [0.25, 0.3) is 5.22 Å². The second-order valence-electron chi connectivity index (χ2n) is 6.03. The maximum absolute atomic E-state index is 12.4. The number of nitrogens with zero attached hydrogens (tertiary/aromatic N) is 3. The van der Waals surface area contributed by atoms with E-state index < -0.39 is 11.9 Å². The van der Waals surface area contributed by atoms with Crippen LogP contribution in [0.4, 0.5) is 0 Å². The van der Waals surface area contributed by atoms with Gasteiger partial charge in [-0.3, -0.25) is 9.59 Å². The number of hydrogen-bond donors (Lipinski definition) is 1. The number of aryl methyl sites for hydroxylation is 1. The van der Waals surface area contributed by atoms with Gasteiger partial charge in [-0.15, -0.1) is 10.2 Å². The van der Waals surface area contributed by atoms with E-state index in [1.54, 1.807) is 4.90 Å². The average molecular weight is 360 g/mol. The summed E-state index contributed by atoms with van der Waals surface area (Å²) in [5.41, 5.74) is 7.38. The fourth-order valence-corrected chi connectivity index (χ4v) is 3.46. The molecule has 0 radical (unpaired) electrons. The van der Waals surface area contributed by atoms with Crippen molar-refractivity contribution in [3.63, 3.8) is 0 Å². The number of benzene rings is 1. The number of amides is 2. The van der Waals surface area contributed by atoms with Gasteiger partial charge in [0.15, 0.2) is 0 Å². The fourth-order valence-electron chi connectivity index (χ4n) is 2.81. The number of carbonyl (C=O) groups excluding carboxylic acids is 2. The lowest BCUT2D eigenvalue weighted by Crippen LogP contribution is -2.51. The molecular formula is C17H20N4O3S. The summed E-state index contributed by atoms with van der Waals surface area (Å²) in [5, 5.41) is 8.31. The largest absolute Gasteiger partial charge is 0.411 e. The van der Waals surface area contributed by atoms with Gasteiger partial charge in [0.05, 0.1) is 5.75 Å². The molecule has 7 nitrogen and oxygen atoms in total. The third-order valence-corrected chi connectivity index (χ3v) is 4.98. The molecule has 0 bridgehead atoms. The van der Waals surface area contributed by atoms with Crippen LogP contribution in [0.2, 0.25) is 0 Å². The van der Waals surface area contributed by atoms with Crippen LogP contribution >= 0.6 is 11.8 Å². The normalized spacial score (nSPS) is 17.5. The van der Waals surface area contributed by atoms with Crippen molar-refractivity contribution in [2.75, 3.05) is 12.3 Å². The van der Waals surface area contributed by atoms with Gasteiger partial charge in [0, 0.05) is 12.1 Å². The zero-order valence-electron chi connectivity index (χ0n) is 14.0. The van der Waals surface area contributed by atoms with Crippen molar-refractivity contribution in [1.29, 1.82) is 0 Å². The van der Waals surface area contributed by atoms with Crippen LogP contribution in [-0.4, -0.2) is 45.3 Å². The Morgan fingerprint density at radius 1 is 1.28 bits per heavy atom. The Morgan fingerprint density at radius 2 is 2.04 bits per heavy atom. The Labute approximate surface area is 150 Å². The number of aromatic nitrogens is 2. The van der Waals surface area contributed by atoms with E-state index >= 15 is 0 Å². The topological polar surface area (TPSA) is 102 Å². The minimum Gasteiger partial charge on any atom is -0.411 e. The van der Waals surface area contributed by atoms with Crippen LogP contribution in [0.15, 0.2) is 33.9 Å². The van der Waals surface area contributed by atoms with Crippen LogP contribution in [0.25, 0.3) is 11.5 Å². The summed E-state index contributed by atoms with van der Waals surface area (Å²) in [4.78, 5) is 25.5. The number of likely N-dealkylation sites (tertiary alicyclic amines) is 1. The summed E-state index contributed by atoms with van der Waals surface area (Å²) in [5.74, 6) is -0.0247. The average Bonchev–Trinajstić information content (AvgIpc) is 3.09. The van der Waals surface area contributed by atoms with Crippen LogP contribution in [0, 0.1) is 6.92 Å². The molecule has 2 N–H and O–H groups in total. The molecular weight excluding hydrogens is 340 g/mol. The molecule has 2 aromatic rings. The van der Waals surface area contributed by atoms with Gasteiger partial charge < -0.3 is 15.1 Å². The molecule has 1 unspecified atom stereocenters. The number of carbonyl (C=O) groups is 2. The first kappa shape index (κ1) is 17.5. The molecule has 1 saturated heterocycles. The third kappa shape index (κ3) is 4.19. The van der Waals surface area contributed by atoms with E-state index in [2.05, 4.69) is 10.2 Å². The van der Waals surface area contributed by atoms with Gasteiger partial charge in [-0.1, -0.05) is 29.5 Å². The van der Waals surface area contributed by atoms with Crippen LogP contribution in [0.1, 0.15) is 24.8 Å². The van der Waals surface area contributed by atoms with Gasteiger partial charge in [-0.05, 0) is 38.3 Å². The van der Waals surface area contributed by atoms with E-state index in [9.17, 15) is 9.59 Å².